The third kappa shape index (κ3) is 4.09. The molecule has 1 heterocycles. The molecule has 2 rings (SSSR count). The zero-order chi connectivity index (χ0) is 15.4. The van der Waals surface area contributed by atoms with E-state index in [4.69, 9.17) is 16.7 Å². The fraction of sp³-hybridized carbons (Fsp3) is 0.214. The SMILES string of the molecule is Cc1cccc(Nc2cnc(SCC(=O)O)nc2Cl)c1C. The van der Waals surface area contributed by atoms with Crippen molar-refractivity contribution in [3.05, 3.63) is 40.7 Å². The highest BCUT2D eigenvalue weighted by Crippen LogP contribution is 2.27. The van der Waals surface area contributed by atoms with Crippen LogP contribution in [0.4, 0.5) is 11.4 Å². The van der Waals surface area contributed by atoms with Crippen LogP contribution >= 0.6 is 23.4 Å². The summed E-state index contributed by atoms with van der Waals surface area (Å²) in [5.74, 6) is -1.02. The molecule has 1 aromatic carbocycles. The highest BCUT2D eigenvalue weighted by Gasteiger charge is 2.09. The Morgan fingerprint density at radius 3 is 2.81 bits per heavy atom. The second-order valence-electron chi connectivity index (χ2n) is 4.41. The van der Waals surface area contributed by atoms with Crippen molar-refractivity contribution in [2.75, 3.05) is 11.1 Å². The van der Waals surface area contributed by atoms with Crippen LogP contribution in [0.5, 0.6) is 0 Å². The molecule has 0 aliphatic carbocycles. The molecule has 2 aromatic rings. The number of carboxylic acids is 1. The number of carboxylic acid groups (broad SMARTS) is 1. The van der Waals surface area contributed by atoms with Gasteiger partial charge in [-0.3, -0.25) is 4.79 Å². The fourth-order valence-electron chi connectivity index (χ4n) is 1.66. The van der Waals surface area contributed by atoms with Crippen molar-refractivity contribution < 1.29 is 9.90 Å². The number of hydrogen-bond donors (Lipinski definition) is 2. The fourth-order valence-corrected chi connectivity index (χ4v) is 2.42. The molecule has 110 valence electrons. The number of hydrogen-bond acceptors (Lipinski definition) is 5. The normalized spacial score (nSPS) is 10.4. The van der Waals surface area contributed by atoms with E-state index < -0.39 is 5.97 Å². The lowest BCUT2D eigenvalue weighted by Crippen LogP contribution is -2.01. The maximum Gasteiger partial charge on any atom is 0.313 e. The second-order valence-corrected chi connectivity index (χ2v) is 5.71. The van der Waals surface area contributed by atoms with E-state index in [0.29, 0.717) is 10.8 Å². The number of carbonyl (C=O) groups is 1. The Hall–Kier alpha value is -1.79. The van der Waals surface area contributed by atoms with Gasteiger partial charge in [-0.05, 0) is 31.0 Å². The van der Waals surface area contributed by atoms with Crippen LogP contribution in [0.3, 0.4) is 0 Å². The first-order valence-electron chi connectivity index (χ1n) is 6.17. The summed E-state index contributed by atoms with van der Waals surface area (Å²) in [4.78, 5) is 18.7. The summed E-state index contributed by atoms with van der Waals surface area (Å²) < 4.78 is 0. The Kier molecular flexibility index (Phi) is 5.03. The van der Waals surface area contributed by atoms with Gasteiger partial charge in [-0.1, -0.05) is 35.5 Å². The molecule has 0 unspecified atom stereocenters. The van der Waals surface area contributed by atoms with Crippen LogP contribution in [-0.2, 0) is 4.79 Å². The van der Waals surface area contributed by atoms with E-state index in [0.717, 1.165) is 23.0 Å². The number of thioether (sulfide) groups is 1. The number of nitrogens with one attached hydrogen (secondary N) is 1. The van der Waals surface area contributed by atoms with Gasteiger partial charge in [0.05, 0.1) is 17.6 Å². The van der Waals surface area contributed by atoms with Crippen LogP contribution in [0.15, 0.2) is 29.6 Å². The molecule has 0 radical (unpaired) electrons. The lowest BCUT2D eigenvalue weighted by atomic mass is 10.1. The van der Waals surface area contributed by atoms with Crippen LogP contribution in [0, 0.1) is 13.8 Å². The Morgan fingerprint density at radius 2 is 2.14 bits per heavy atom. The van der Waals surface area contributed by atoms with E-state index in [1.54, 1.807) is 6.20 Å². The average molecular weight is 324 g/mol. The van der Waals surface area contributed by atoms with E-state index in [2.05, 4.69) is 15.3 Å². The van der Waals surface area contributed by atoms with Gasteiger partial charge in [0.15, 0.2) is 10.3 Å². The standard InChI is InChI=1S/C14H14ClN3O2S/c1-8-4-3-5-10(9(8)2)17-11-6-16-14(18-13(11)15)21-7-12(19)20/h3-6,17H,7H2,1-2H3,(H,19,20). The smallest absolute Gasteiger partial charge is 0.313 e. The Balaban J connectivity index is 2.17. The van der Waals surface area contributed by atoms with E-state index in [9.17, 15) is 4.79 Å². The van der Waals surface area contributed by atoms with Gasteiger partial charge in [0.2, 0.25) is 0 Å². The molecule has 0 aliphatic rings. The maximum absolute atomic E-state index is 10.5. The largest absolute Gasteiger partial charge is 0.481 e. The molecule has 21 heavy (non-hydrogen) atoms. The molecule has 0 atom stereocenters. The predicted octanol–water partition coefficient (Wildman–Crippen LogP) is 3.67. The van der Waals surface area contributed by atoms with Crippen molar-refractivity contribution >= 4 is 40.7 Å². The quantitative estimate of drug-likeness (QED) is 0.497. The highest BCUT2D eigenvalue weighted by molar-refractivity contribution is 7.99. The van der Waals surface area contributed by atoms with Crippen LogP contribution in [0.1, 0.15) is 11.1 Å². The van der Waals surface area contributed by atoms with Gasteiger partial charge in [0, 0.05) is 5.69 Å². The molecule has 0 amide bonds. The van der Waals surface area contributed by atoms with E-state index in [-0.39, 0.29) is 10.9 Å². The summed E-state index contributed by atoms with van der Waals surface area (Å²) in [7, 11) is 0. The number of aromatic nitrogens is 2. The summed E-state index contributed by atoms with van der Waals surface area (Å²) in [6.07, 6.45) is 1.56. The predicted molar refractivity (Wildman–Crippen MR) is 84.6 cm³/mol. The topological polar surface area (TPSA) is 75.1 Å². The van der Waals surface area contributed by atoms with Gasteiger partial charge < -0.3 is 10.4 Å². The summed E-state index contributed by atoms with van der Waals surface area (Å²) in [6.45, 7) is 4.05. The zero-order valence-corrected chi connectivity index (χ0v) is 13.1. The van der Waals surface area contributed by atoms with Crippen LogP contribution in [0.2, 0.25) is 5.15 Å². The molecule has 0 aliphatic heterocycles. The van der Waals surface area contributed by atoms with Crippen molar-refractivity contribution in [2.45, 2.75) is 19.0 Å². The average Bonchev–Trinajstić information content (AvgIpc) is 2.44. The third-order valence-electron chi connectivity index (χ3n) is 2.92. The Morgan fingerprint density at radius 1 is 1.38 bits per heavy atom. The van der Waals surface area contributed by atoms with Gasteiger partial charge in [-0.15, -0.1) is 0 Å². The molecular formula is C14H14ClN3O2S. The van der Waals surface area contributed by atoms with Crippen molar-refractivity contribution in [1.82, 2.24) is 9.97 Å². The number of anilines is 2. The summed E-state index contributed by atoms with van der Waals surface area (Å²) in [5, 5.41) is 12.4. The molecule has 0 bridgehead atoms. The lowest BCUT2D eigenvalue weighted by molar-refractivity contribution is -0.133. The number of benzene rings is 1. The molecule has 2 N–H and O–H groups in total. The van der Waals surface area contributed by atoms with E-state index >= 15 is 0 Å². The Labute approximate surface area is 131 Å². The second kappa shape index (κ2) is 6.78. The number of nitrogens with zero attached hydrogens (tertiary/aromatic N) is 2. The number of aryl methyl sites for hydroxylation is 1. The van der Waals surface area contributed by atoms with Gasteiger partial charge >= 0.3 is 5.97 Å². The van der Waals surface area contributed by atoms with Gasteiger partial charge in [-0.2, -0.15) is 0 Å². The Bertz CT molecular complexity index is 679. The van der Waals surface area contributed by atoms with Crippen molar-refractivity contribution in [2.24, 2.45) is 0 Å². The molecule has 0 saturated carbocycles. The molecule has 7 heteroatoms. The van der Waals surface area contributed by atoms with E-state index in [1.165, 1.54) is 5.56 Å². The first-order valence-corrected chi connectivity index (χ1v) is 7.54. The number of rotatable bonds is 5. The lowest BCUT2D eigenvalue weighted by Gasteiger charge is -2.12. The summed E-state index contributed by atoms with van der Waals surface area (Å²) in [5.41, 5.74) is 3.82. The zero-order valence-electron chi connectivity index (χ0n) is 11.6. The van der Waals surface area contributed by atoms with Crippen LogP contribution in [-0.4, -0.2) is 26.8 Å². The van der Waals surface area contributed by atoms with Crippen LogP contribution in [0.25, 0.3) is 0 Å². The minimum atomic E-state index is -0.919. The number of aliphatic carboxylic acids is 1. The molecule has 0 spiro atoms. The van der Waals surface area contributed by atoms with Crippen molar-refractivity contribution in [3.8, 4) is 0 Å². The summed E-state index contributed by atoms with van der Waals surface area (Å²) >= 11 is 7.14. The van der Waals surface area contributed by atoms with Gasteiger partial charge in [0.1, 0.15) is 0 Å². The van der Waals surface area contributed by atoms with Gasteiger partial charge in [-0.25, -0.2) is 9.97 Å². The van der Waals surface area contributed by atoms with Gasteiger partial charge in [0.25, 0.3) is 0 Å². The van der Waals surface area contributed by atoms with Crippen molar-refractivity contribution in [1.29, 1.82) is 0 Å². The molecule has 5 nitrogen and oxygen atoms in total. The number of halogens is 1. The molecule has 0 fully saturated rings. The van der Waals surface area contributed by atoms with Crippen LogP contribution < -0.4 is 5.32 Å². The summed E-state index contributed by atoms with van der Waals surface area (Å²) in [6, 6.07) is 5.94. The van der Waals surface area contributed by atoms with Crippen molar-refractivity contribution in [3.63, 3.8) is 0 Å². The van der Waals surface area contributed by atoms with E-state index in [1.807, 2.05) is 32.0 Å². The minimum absolute atomic E-state index is 0.0971. The highest BCUT2D eigenvalue weighted by atomic mass is 35.5. The first-order chi connectivity index (χ1) is 9.97. The maximum atomic E-state index is 10.5. The molecule has 0 saturated heterocycles. The molecular weight excluding hydrogens is 310 g/mol. The third-order valence-corrected chi connectivity index (χ3v) is 4.05. The monoisotopic (exact) mass is 323 g/mol. The molecule has 1 aromatic heterocycles. The minimum Gasteiger partial charge on any atom is -0.481 e. The first kappa shape index (κ1) is 15.6.